The number of nitrogens with two attached hydrogens (primary N) is 1. The van der Waals surface area contributed by atoms with E-state index in [0.717, 1.165) is 5.92 Å². The SMILES string of the molecule is CC(C)CC1(C)CCC(N)C1. The molecule has 2 N–H and O–H groups in total. The molecule has 0 radical (unpaired) electrons. The summed E-state index contributed by atoms with van der Waals surface area (Å²) in [5, 5.41) is 0. The number of rotatable bonds is 2. The second-order valence-electron chi connectivity index (χ2n) is 4.91. The monoisotopic (exact) mass is 155 g/mol. The quantitative estimate of drug-likeness (QED) is 0.651. The van der Waals surface area contributed by atoms with Crippen LogP contribution in [-0.4, -0.2) is 6.04 Å². The molecule has 1 rings (SSSR count). The molecule has 0 spiro atoms. The van der Waals surface area contributed by atoms with Gasteiger partial charge in [-0.3, -0.25) is 0 Å². The van der Waals surface area contributed by atoms with Crippen LogP contribution in [0.4, 0.5) is 0 Å². The molecule has 0 aromatic heterocycles. The van der Waals surface area contributed by atoms with Crippen LogP contribution in [0.1, 0.15) is 46.5 Å². The molecule has 0 amide bonds. The first-order valence-electron chi connectivity index (χ1n) is 4.77. The van der Waals surface area contributed by atoms with Crippen LogP contribution in [0.25, 0.3) is 0 Å². The standard InChI is InChI=1S/C10H21N/c1-8(2)6-10(3)5-4-9(11)7-10/h8-9H,4-7,11H2,1-3H3. The van der Waals surface area contributed by atoms with E-state index in [1.54, 1.807) is 0 Å². The van der Waals surface area contributed by atoms with Gasteiger partial charge in [-0.25, -0.2) is 0 Å². The van der Waals surface area contributed by atoms with Gasteiger partial charge in [0.2, 0.25) is 0 Å². The minimum absolute atomic E-state index is 0.485. The molecule has 1 nitrogen and oxygen atoms in total. The van der Waals surface area contributed by atoms with Crippen molar-refractivity contribution in [1.82, 2.24) is 0 Å². The molecule has 1 aliphatic rings. The average Bonchev–Trinajstić information content (AvgIpc) is 2.08. The zero-order valence-electron chi connectivity index (χ0n) is 8.06. The Morgan fingerprint density at radius 3 is 2.55 bits per heavy atom. The first-order chi connectivity index (χ1) is 5.02. The molecule has 1 aliphatic carbocycles. The minimum atomic E-state index is 0.485. The van der Waals surface area contributed by atoms with Crippen LogP contribution in [0, 0.1) is 11.3 Å². The summed E-state index contributed by atoms with van der Waals surface area (Å²) in [5.41, 5.74) is 6.45. The van der Waals surface area contributed by atoms with E-state index < -0.39 is 0 Å². The average molecular weight is 155 g/mol. The molecule has 1 saturated carbocycles. The van der Waals surface area contributed by atoms with Gasteiger partial charge in [0.15, 0.2) is 0 Å². The highest BCUT2D eigenvalue weighted by atomic mass is 14.7. The van der Waals surface area contributed by atoms with Crippen molar-refractivity contribution in [1.29, 1.82) is 0 Å². The molecule has 1 heteroatoms. The van der Waals surface area contributed by atoms with Gasteiger partial charge in [0.1, 0.15) is 0 Å². The van der Waals surface area contributed by atoms with Gasteiger partial charge < -0.3 is 5.73 Å². The molecule has 11 heavy (non-hydrogen) atoms. The predicted molar refractivity (Wildman–Crippen MR) is 49.4 cm³/mol. The molecule has 0 aliphatic heterocycles. The zero-order chi connectivity index (χ0) is 8.48. The first-order valence-corrected chi connectivity index (χ1v) is 4.77. The molecule has 66 valence electrons. The molecule has 2 unspecified atom stereocenters. The minimum Gasteiger partial charge on any atom is -0.328 e. The summed E-state index contributed by atoms with van der Waals surface area (Å²) in [6.07, 6.45) is 5.17. The Bertz CT molecular complexity index is 131. The van der Waals surface area contributed by atoms with Crippen molar-refractivity contribution in [2.24, 2.45) is 17.1 Å². The van der Waals surface area contributed by atoms with Crippen molar-refractivity contribution in [2.75, 3.05) is 0 Å². The molecule has 0 aromatic carbocycles. The summed E-state index contributed by atoms with van der Waals surface area (Å²) >= 11 is 0. The maximum absolute atomic E-state index is 5.89. The number of hydrogen-bond donors (Lipinski definition) is 1. The third-order valence-electron chi connectivity index (χ3n) is 2.77. The van der Waals surface area contributed by atoms with E-state index in [1.807, 2.05) is 0 Å². The van der Waals surface area contributed by atoms with Crippen LogP contribution in [0.3, 0.4) is 0 Å². The lowest BCUT2D eigenvalue weighted by Gasteiger charge is -2.25. The maximum atomic E-state index is 5.89. The van der Waals surface area contributed by atoms with E-state index in [0.29, 0.717) is 11.5 Å². The maximum Gasteiger partial charge on any atom is 0.00442 e. The van der Waals surface area contributed by atoms with Crippen molar-refractivity contribution in [3.05, 3.63) is 0 Å². The molecule has 0 saturated heterocycles. The summed E-state index contributed by atoms with van der Waals surface area (Å²) in [6.45, 7) is 6.99. The molecule has 2 atom stereocenters. The van der Waals surface area contributed by atoms with Crippen LogP contribution in [0.2, 0.25) is 0 Å². The lowest BCUT2D eigenvalue weighted by molar-refractivity contribution is 0.262. The Morgan fingerprint density at radius 1 is 1.55 bits per heavy atom. The molecule has 0 bridgehead atoms. The lowest BCUT2D eigenvalue weighted by Crippen LogP contribution is -2.20. The molecule has 0 aromatic rings. The second-order valence-corrected chi connectivity index (χ2v) is 4.91. The van der Waals surface area contributed by atoms with Crippen molar-refractivity contribution in [2.45, 2.75) is 52.5 Å². The van der Waals surface area contributed by atoms with Gasteiger partial charge in [-0.1, -0.05) is 20.8 Å². The van der Waals surface area contributed by atoms with Crippen molar-refractivity contribution in [3.8, 4) is 0 Å². The van der Waals surface area contributed by atoms with E-state index >= 15 is 0 Å². The van der Waals surface area contributed by atoms with Gasteiger partial charge in [0.05, 0.1) is 0 Å². The number of hydrogen-bond acceptors (Lipinski definition) is 1. The van der Waals surface area contributed by atoms with Gasteiger partial charge >= 0.3 is 0 Å². The van der Waals surface area contributed by atoms with Crippen LogP contribution < -0.4 is 5.73 Å². The summed E-state index contributed by atoms with van der Waals surface area (Å²) in [7, 11) is 0. The van der Waals surface area contributed by atoms with Crippen molar-refractivity contribution < 1.29 is 0 Å². The Labute approximate surface area is 70.4 Å². The van der Waals surface area contributed by atoms with Gasteiger partial charge in [-0.2, -0.15) is 0 Å². The van der Waals surface area contributed by atoms with E-state index in [-0.39, 0.29) is 0 Å². The third-order valence-corrected chi connectivity index (χ3v) is 2.77. The van der Waals surface area contributed by atoms with Crippen LogP contribution in [-0.2, 0) is 0 Å². The molecule has 0 heterocycles. The smallest absolute Gasteiger partial charge is 0.00442 e. The van der Waals surface area contributed by atoms with Gasteiger partial charge in [0, 0.05) is 6.04 Å². The highest BCUT2D eigenvalue weighted by Crippen LogP contribution is 2.41. The predicted octanol–water partition coefficient (Wildman–Crippen LogP) is 2.55. The molecular weight excluding hydrogens is 134 g/mol. The lowest BCUT2D eigenvalue weighted by atomic mass is 9.80. The third kappa shape index (κ3) is 2.48. The second kappa shape index (κ2) is 3.14. The Balaban J connectivity index is 2.42. The summed E-state index contributed by atoms with van der Waals surface area (Å²) < 4.78 is 0. The van der Waals surface area contributed by atoms with E-state index in [9.17, 15) is 0 Å². The highest BCUT2D eigenvalue weighted by molar-refractivity contribution is 4.87. The summed E-state index contributed by atoms with van der Waals surface area (Å²) in [5.74, 6) is 0.824. The van der Waals surface area contributed by atoms with Crippen molar-refractivity contribution >= 4 is 0 Å². The zero-order valence-corrected chi connectivity index (χ0v) is 8.06. The normalized spacial score (nSPS) is 38.5. The van der Waals surface area contributed by atoms with E-state index in [4.69, 9.17) is 5.73 Å². The molecule has 1 fully saturated rings. The van der Waals surface area contributed by atoms with E-state index in [2.05, 4.69) is 20.8 Å². The Kier molecular flexibility index (Phi) is 2.58. The largest absolute Gasteiger partial charge is 0.328 e. The Morgan fingerprint density at radius 2 is 2.18 bits per heavy atom. The topological polar surface area (TPSA) is 26.0 Å². The summed E-state index contributed by atoms with van der Waals surface area (Å²) in [4.78, 5) is 0. The highest BCUT2D eigenvalue weighted by Gasteiger charge is 2.33. The first kappa shape index (κ1) is 9.05. The fourth-order valence-electron chi connectivity index (χ4n) is 2.54. The fraction of sp³-hybridized carbons (Fsp3) is 1.00. The van der Waals surface area contributed by atoms with E-state index in [1.165, 1.54) is 25.7 Å². The van der Waals surface area contributed by atoms with Gasteiger partial charge in [0.25, 0.3) is 0 Å². The van der Waals surface area contributed by atoms with Crippen molar-refractivity contribution in [3.63, 3.8) is 0 Å². The fourth-order valence-corrected chi connectivity index (χ4v) is 2.54. The van der Waals surface area contributed by atoms with Gasteiger partial charge in [-0.15, -0.1) is 0 Å². The van der Waals surface area contributed by atoms with Crippen LogP contribution in [0.15, 0.2) is 0 Å². The Hall–Kier alpha value is -0.0400. The van der Waals surface area contributed by atoms with Gasteiger partial charge in [-0.05, 0) is 37.0 Å². The van der Waals surface area contributed by atoms with Crippen LogP contribution in [0.5, 0.6) is 0 Å². The summed E-state index contributed by atoms with van der Waals surface area (Å²) in [6, 6.07) is 0.485. The van der Waals surface area contributed by atoms with Crippen LogP contribution >= 0.6 is 0 Å². The molecular formula is C10H21N.